The maximum Gasteiger partial charge on any atom is 0.416 e. The number of fused-ring (bicyclic) bond motifs is 1. The fourth-order valence-electron chi connectivity index (χ4n) is 5.88. The van der Waals surface area contributed by atoms with Crippen molar-refractivity contribution in [2.24, 2.45) is 5.73 Å². The molecule has 3 aromatic heterocycles. The van der Waals surface area contributed by atoms with Gasteiger partial charge < -0.3 is 21.9 Å². The van der Waals surface area contributed by atoms with Crippen LogP contribution in [0.4, 0.5) is 24.8 Å². The number of nitrogens with zero attached hydrogens (tertiary/aromatic N) is 3. The molecule has 1 aromatic carbocycles. The highest BCUT2D eigenvalue weighted by atomic mass is 19.4. The zero-order valence-electron chi connectivity index (χ0n) is 25.1. The second kappa shape index (κ2) is 14.1. The third-order valence-electron chi connectivity index (χ3n) is 8.21. The fourth-order valence-corrected chi connectivity index (χ4v) is 5.88. The van der Waals surface area contributed by atoms with Gasteiger partial charge in [0, 0.05) is 41.3 Å². The number of aromatic amines is 1. The standard InChI is InChI=1S/C33H36F3N7O3/c34-33(35,36)22-15-16-39-25(18-22)40-32(46)20-13-11-19(12-14-20)29-27-30(43-42-29)24(9-4-2-1-3-5-10-26(44)45)28(41-31(27)38)21-7-6-8-23(37)17-21/h4,9,11-16,18,21,23H,1-3,5-8,10,17,37H2,(H2,38,41)(H,42,43)(H,44,45)(H,39,40,46)/b9-4+/t21-,23-/m1/s1. The molecule has 3 heterocycles. The highest BCUT2D eigenvalue weighted by Crippen LogP contribution is 2.40. The summed E-state index contributed by atoms with van der Waals surface area (Å²) in [6.07, 6.45) is 7.47. The molecule has 2 atom stereocenters. The van der Waals surface area contributed by atoms with E-state index in [1.165, 1.54) is 0 Å². The molecule has 0 bridgehead atoms. The van der Waals surface area contributed by atoms with Crippen molar-refractivity contribution >= 4 is 40.5 Å². The third-order valence-corrected chi connectivity index (χ3v) is 8.21. The highest BCUT2D eigenvalue weighted by molar-refractivity contribution is 6.06. The first-order chi connectivity index (χ1) is 22.0. The van der Waals surface area contributed by atoms with Gasteiger partial charge in [-0.2, -0.15) is 18.3 Å². The van der Waals surface area contributed by atoms with E-state index in [4.69, 9.17) is 21.6 Å². The number of H-pyrrole nitrogens is 1. The van der Waals surface area contributed by atoms with Crippen LogP contribution < -0.4 is 16.8 Å². The van der Waals surface area contributed by atoms with E-state index in [1.807, 2.05) is 6.08 Å². The minimum absolute atomic E-state index is 0.0842. The number of carboxylic acids is 1. The van der Waals surface area contributed by atoms with Crippen LogP contribution in [0.15, 0.2) is 48.7 Å². The number of allylic oxidation sites excluding steroid dienone is 1. The van der Waals surface area contributed by atoms with Crippen LogP contribution in [0.3, 0.4) is 0 Å². The lowest BCUT2D eigenvalue weighted by Crippen LogP contribution is -2.27. The van der Waals surface area contributed by atoms with Crippen molar-refractivity contribution in [2.75, 3.05) is 11.1 Å². The first kappa shape index (κ1) is 32.6. The van der Waals surface area contributed by atoms with Crippen LogP contribution in [0.2, 0.25) is 0 Å². The number of hydrogen-bond donors (Lipinski definition) is 5. The Morgan fingerprint density at radius 1 is 1.11 bits per heavy atom. The number of aliphatic carboxylic acids is 1. The quantitative estimate of drug-likeness (QED) is 0.111. The van der Waals surface area contributed by atoms with Gasteiger partial charge in [0.05, 0.1) is 22.2 Å². The van der Waals surface area contributed by atoms with Crippen LogP contribution in [0.5, 0.6) is 0 Å². The Labute approximate surface area is 263 Å². The highest BCUT2D eigenvalue weighted by Gasteiger charge is 2.31. The van der Waals surface area contributed by atoms with Gasteiger partial charge in [0.1, 0.15) is 17.3 Å². The molecule has 1 amide bonds. The number of carbonyl (C=O) groups is 2. The van der Waals surface area contributed by atoms with E-state index in [0.717, 1.165) is 80.0 Å². The number of pyridine rings is 2. The summed E-state index contributed by atoms with van der Waals surface area (Å²) in [5.41, 5.74) is 15.9. The van der Waals surface area contributed by atoms with Crippen molar-refractivity contribution in [2.45, 2.75) is 75.9 Å². The number of nitrogens with one attached hydrogen (secondary N) is 2. The topological polar surface area (TPSA) is 173 Å². The number of carboxylic acid groups (broad SMARTS) is 1. The smallest absolute Gasteiger partial charge is 0.416 e. The molecule has 0 radical (unpaired) electrons. The average molecular weight is 636 g/mol. The predicted molar refractivity (Wildman–Crippen MR) is 170 cm³/mol. The number of amides is 1. The largest absolute Gasteiger partial charge is 0.481 e. The number of unbranched alkanes of at least 4 members (excludes halogenated alkanes) is 3. The average Bonchev–Trinajstić information content (AvgIpc) is 3.47. The third kappa shape index (κ3) is 7.71. The molecule has 1 saturated carbocycles. The van der Waals surface area contributed by atoms with Crippen molar-refractivity contribution < 1.29 is 27.9 Å². The van der Waals surface area contributed by atoms with Crippen LogP contribution in [0.1, 0.15) is 90.9 Å². The lowest BCUT2D eigenvalue weighted by Gasteiger charge is -2.27. The molecule has 1 aliphatic carbocycles. The Morgan fingerprint density at radius 2 is 1.89 bits per heavy atom. The van der Waals surface area contributed by atoms with Gasteiger partial charge in [-0.25, -0.2) is 9.97 Å². The number of alkyl halides is 3. The first-order valence-corrected chi connectivity index (χ1v) is 15.3. The number of carbonyl (C=O) groups excluding carboxylic acids is 1. The van der Waals surface area contributed by atoms with E-state index in [1.54, 1.807) is 24.3 Å². The molecule has 0 spiro atoms. The molecule has 5 rings (SSSR count). The number of halogens is 3. The molecule has 7 N–H and O–H groups in total. The molecule has 1 aliphatic rings. The van der Waals surface area contributed by atoms with Crippen molar-refractivity contribution in [3.63, 3.8) is 0 Å². The molecule has 1 fully saturated rings. The lowest BCUT2D eigenvalue weighted by atomic mass is 9.82. The fraction of sp³-hybridized carbons (Fsp3) is 0.364. The molecule has 4 aromatic rings. The predicted octanol–water partition coefficient (Wildman–Crippen LogP) is 6.91. The van der Waals surface area contributed by atoms with Gasteiger partial charge in [0.25, 0.3) is 5.91 Å². The minimum Gasteiger partial charge on any atom is -0.481 e. The number of aromatic nitrogens is 4. The number of nitrogen functional groups attached to an aromatic ring is 1. The van der Waals surface area contributed by atoms with Gasteiger partial charge in [-0.15, -0.1) is 0 Å². The monoisotopic (exact) mass is 635 g/mol. The van der Waals surface area contributed by atoms with Gasteiger partial charge in [-0.1, -0.05) is 37.1 Å². The van der Waals surface area contributed by atoms with Gasteiger partial charge in [0.15, 0.2) is 0 Å². The number of anilines is 2. The van der Waals surface area contributed by atoms with Crippen molar-refractivity contribution in [3.8, 4) is 11.3 Å². The van der Waals surface area contributed by atoms with Crippen molar-refractivity contribution in [1.29, 1.82) is 0 Å². The Balaban J connectivity index is 1.40. The maximum absolute atomic E-state index is 13.1. The van der Waals surface area contributed by atoms with Crippen LogP contribution in [-0.2, 0) is 11.0 Å². The van der Waals surface area contributed by atoms with E-state index in [-0.39, 0.29) is 29.8 Å². The van der Waals surface area contributed by atoms with E-state index < -0.39 is 23.6 Å². The molecule has 13 heteroatoms. The van der Waals surface area contributed by atoms with E-state index in [9.17, 15) is 22.8 Å². The SMILES string of the molecule is Nc1nc([C@@H]2CCC[C@@H](N)C2)c(/C=C/CCCCCC(=O)O)c2[nH]nc(-c3ccc(C(=O)Nc4cc(C(F)(F)F)ccn4)cc3)c12. The summed E-state index contributed by atoms with van der Waals surface area (Å²) in [5, 5.41) is 19.6. The van der Waals surface area contributed by atoms with Crippen LogP contribution in [-0.4, -0.2) is 43.2 Å². The number of nitrogens with two attached hydrogens (primary N) is 2. The van der Waals surface area contributed by atoms with Crippen molar-refractivity contribution in [3.05, 3.63) is 71.1 Å². The normalized spacial score (nSPS) is 17.0. The zero-order valence-corrected chi connectivity index (χ0v) is 25.1. The Bertz CT molecular complexity index is 1740. The summed E-state index contributed by atoms with van der Waals surface area (Å²) >= 11 is 0. The Hall–Kier alpha value is -4.78. The molecule has 0 aliphatic heterocycles. The summed E-state index contributed by atoms with van der Waals surface area (Å²) in [6, 6.07) is 8.16. The summed E-state index contributed by atoms with van der Waals surface area (Å²) in [4.78, 5) is 32.3. The van der Waals surface area contributed by atoms with Gasteiger partial charge in [-0.3, -0.25) is 14.7 Å². The first-order valence-electron chi connectivity index (χ1n) is 15.3. The van der Waals surface area contributed by atoms with E-state index >= 15 is 0 Å². The summed E-state index contributed by atoms with van der Waals surface area (Å²) in [5.74, 6) is -1.16. The maximum atomic E-state index is 13.1. The van der Waals surface area contributed by atoms with Gasteiger partial charge in [-0.05, 0) is 62.8 Å². The number of hydrogen-bond acceptors (Lipinski definition) is 7. The summed E-state index contributed by atoms with van der Waals surface area (Å²) in [7, 11) is 0. The molecule has 10 nitrogen and oxygen atoms in total. The molecule has 46 heavy (non-hydrogen) atoms. The van der Waals surface area contributed by atoms with E-state index in [0.29, 0.717) is 28.9 Å². The molecule has 0 unspecified atom stereocenters. The van der Waals surface area contributed by atoms with Crippen LogP contribution in [0.25, 0.3) is 28.2 Å². The number of benzene rings is 1. The van der Waals surface area contributed by atoms with Gasteiger partial charge in [0.2, 0.25) is 0 Å². The molecule has 242 valence electrons. The van der Waals surface area contributed by atoms with Crippen molar-refractivity contribution in [1.82, 2.24) is 20.2 Å². The second-order valence-electron chi connectivity index (χ2n) is 11.6. The molecular weight excluding hydrogens is 599 g/mol. The van der Waals surface area contributed by atoms with E-state index in [2.05, 4.69) is 26.6 Å². The second-order valence-corrected chi connectivity index (χ2v) is 11.6. The van der Waals surface area contributed by atoms with Crippen LogP contribution in [0, 0.1) is 0 Å². The molecule has 0 saturated heterocycles. The lowest BCUT2D eigenvalue weighted by molar-refractivity contribution is -0.138. The molecular formula is C33H36F3N7O3. The van der Waals surface area contributed by atoms with Gasteiger partial charge >= 0.3 is 12.1 Å². The zero-order chi connectivity index (χ0) is 32.8. The summed E-state index contributed by atoms with van der Waals surface area (Å²) in [6.45, 7) is 0. The minimum atomic E-state index is -4.56. The number of rotatable bonds is 11. The summed E-state index contributed by atoms with van der Waals surface area (Å²) < 4.78 is 39.2. The Kier molecular flexibility index (Phi) is 10.0. The van der Waals surface area contributed by atoms with Crippen LogP contribution >= 0.6 is 0 Å². The Morgan fingerprint density at radius 3 is 2.61 bits per heavy atom.